The van der Waals surface area contributed by atoms with Gasteiger partial charge in [-0.15, -0.1) is 0 Å². The Morgan fingerprint density at radius 2 is 1.92 bits per heavy atom. The maximum atomic E-state index is 11.2. The Hall–Kier alpha value is -0.570. The van der Waals surface area contributed by atoms with Crippen molar-refractivity contribution < 1.29 is 14.3 Å². The third-order valence-electron chi connectivity index (χ3n) is 1.84. The Labute approximate surface area is 80.4 Å². The maximum Gasteiger partial charge on any atom is 0.334 e. The molecule has 0 bridgehead atoms. The smallest absolute Gasteiger partial charge is 0.334 e. The van der Waals surface area contributed by atoms with Crippen molar-refractivity contribution in [3.8, 4) is 0 Å². The molecule has 3 nitrogen and oxygen atoms in total. The second-order valence-corrected chi connectivity index (χ2v) is 3.44. The van der Waals surface area contributed by atoms with Crippen molar-refractivity contribution in [2.75, 3.05) is 13.7 Å². The van der Waals surface area contributed by atoms with Crippen LogP contribution >= 0.6 is 0 Å². The van der Waals surface area contributed by atoms with E-state index in [2.05, 4.69) is 18.6 Å². The van der Waals surface area contributed by atoms with Crippen LogP contribution in [0.15, 0.2) is 0 Å². The van der Waals surface area contributed by atoms with Gasteiger partial charge in [0.25, 0.3) is 0 Å². The molecule has 1 atom stereocenters. The Morgan fingerprint density at radius 1 is 1.31 bits per heavy atom. The molecule has 0 N–H and O–H groups in total. The first-order chi connectivity index (χ1) is 6.11. The molecule has 0 heterocycles. The zero-order valence-corrected chi connectivity index (χ0v) is 9.00. The minimum atomic E-state index is -0.377. The Kier molecular flexibility index (Phi) is 6.59. The highest BCUT2D eigenvalue weighted by molar-refractivity contribution is 5.74. The number of hydrogen-bond donors (Lipinski definition) is 0. The van der Waals surface area contributed by atoms with E-state index in [0.29, 0.717) is 12.5 Å². The van der Waals surface area contributed by atoms with E-state index < -0.39 is 0 Å². The third kappa shape index (κ3) is 5.64. The quantitative estimate of drug-likeness (QED) is 0.598. The number of carbonyl (C=O) groups is 1. The average molecular weight is 188 g/mol. The van der Waals surface area contributed by atoms with Crippen molar-refractivity contribution in [2.45, 2.75) is 39.7 Å². The summed E-state index contributed by atoms with van der Waals surface area (Å²) in [7, 11) is 1.39. The van der Waals surface area contributed by atoms with E-state index in [1.165, 1.54) is 7.11 Å². The molecule has 0 unspecified atom stereocenters. The average Bonchev–Trinajstić information content (AvgIpc) is 2.10. The number of rotatable bonds is 6. The summed E-state index contributed by atoms with van der Waals surface area (Å²) in [6.07, 6.45) is 1.36. The molecule has 0 radical (unpaired) electrons. The van der Waals surface area contributed by atoms with Gasteiger partial charge in [-0.05, 0) is 25.7 Å². The van der Waals surface area contributed by atoms with Gasteiger partial charge >= 0.3 is 5.97 Å². The molecule has 0 saturated heterocycles. The van der Waals surface area contributed by atoms with E-state index in [1.807, 2.05) is 6.92 Å². The summed E-state index contributed by atoms with van der Waals surface area (Å²) < 4.78 is 9.90. The van der Waals surface area contributed by atoms with E-state index in [1.54, 1.807) is 0 Å². The normalized spacial score (nSPS) is 13.0. The Balaban J connectivity index is 3.86. The number of hydrogen-bond acceptors (Lipinski definition) is 3. The number of methoxy groups -OCH3 is 1. The molecule has 0 saturated carbocycles. The van der Waals surface area contributed by atoms with Crippen molar-refractivity contribution in [1.82, 2.24) is 0 Å². The molecule has 0 aromatic rings. The first kappa shape index (κ1) is 12.4. The minimum Gasteiger partial charge on any atom is -0.467 e. The first-order valence-electron chi connectivity index (χ1n) is 4.81. The number of ether oxygens (including phenoxy) is 2. The van der Waals surface area contributed by atoms with Gasteiger partial charge in [0.15, 0.2) is 6.10 Å². The monoisotopic (exact) mass is 188 g/mol. The van der Waals surface area contributed by atoms with E-state index >= 15 is 0 Å². The van der Waals surface area contributed by atoms with Crippen LogP contribution in [0.4, 0.5) is 0 Å². The van der Waals surface area contributed by atoms with Gasteiger partial charge < -0.3 is 9.47 Å². The number of esters is 1. The van der Waals surface area contributed by atoms with E-state index in [-0.39, 0.29) is 12.1 Å². The predicted octanol–water partition coefficient (Wildman–Crippen LogP) is 2.00. The molecule has 13 heavy (non-hydrogen) atoms. The van der Waals surface area contributed by atoms with Crippen molar-refractivity contribution in [3.05, 3.63) is 0 Å². The Bertz CT molecular complexity index is 143. The fraction of sp³-hybridized carbons (Fsp3) is 0.900. The van der Waals surface area contributed by atoms with Crippen LogP contribution in [0.3, 0.4) is 0 Å². The lowest BCUT2D eigenvalue weighted by Crippen LogP contribution is -2.26. The van der Waals surface area contributed by atoms with Crippen LogP contribution in [-0.4, -0.2) is 25.8 Å². The molecule has 0 aliphatic heterocycles. The summed E-state index contributed by atoms with van der Waals surface area (Å²) in [5, 5.41) is 0. The van der Waals surface area contributed by atoms with Gasteiger partial charge in [0, 0.05) is 6.61 Å². The summed E-state index contributed by atoms with van der Waals surface area (Å²) >= 11 is 0. The van der Waals surface area contributed by atoms with Gasteiger partial charge in [-0.2, -0.15) is 0 Å². The molecular formula is C10H20O3. The second kappa shape index (κ2) is 6.89. The molecule has 0 aromatic heterocycles. The summed E-state index contributed by atoms with van der Waals surface area (Å²) in [6.45, 7) is 6.68. The third-order valence-corrected chi connectivity index (χ3v) is 1.84. The number of carbonyl (C=O) groups excluding carboxylic acids is 1. The first-order valence-corrected chi connectivity index (χ1v) is 4.81. The standard InChI is InChI=1S/C10H20O3/c1-5-13-9(10(11)12-4)7-6-8(2)3/h8-9H,5-7H2,1-4H3/t9-/m0/s1. The molecular weight excluding hydrogens is 168 g/mol. The Morgan fingerprint density at radius 3 is 2.31 bits per heavy atom. The highest BCUT2D eigenvalue weighted by atomic mass is 16.6. The summed E-state index contributed by atoms with van der Waals surface area (Å²) in [6, 6.07) is 0. The lowest BCUT2D eigenvalue weighted by atomic mass is 10.1. The summed E-state index contributed by atoms with van der Waals surface area (Å²) in [5.74, 6) is 0.329. The molecule has 3 heteroatoms. The van der Waals surface area contributed by atoms with Crippen molar-refractivity contribution in [1.29, 1.82) is 0 Å². The maximum absolute atomic E-state index is 11.2. The van der Waals surface area contributed by atoms with E-state index in [9.17, 15) is 4.79 Å². The molecule has 0 rings (SSSR count). The molecule has 78 valence electrons. The predicted molar refractivity (Wildman–Crippen MR) is 51.5 cm³/mol. The van der Waals surface area contributed by atoms with Gasteiger partial charge in [0.05, 0.1) is 7.11 Å². The van der Waals surface area contributed by atoms with Gasteiger partial charge in [-0.25, -0.2) is 4.79 Å². The van der Waals surface area contributed by atoms with Gasteiger partial charge in [-0.1, -0.05) is 13.8 Å². The lowest BCUT2D eigenvalue weighted by molar-refractivity contribution is -0.154. The zero-order valence-electron chi connectivity index (χ0n) is 9.00. The zero-order chi connectivity index (χ0) is 10.3. The lowest BCUT2D eigenvalue weighted by Gasteiger charge is -2.15. The largest absolute Gasteiger partial charge is 0.467 e. The minimum absolute atomic E-state index is 0.262. The highest BCUT2D eigenvalue weighted by Crippen LogP contribution is 2.10. The van der Waals surface area contributed by atoms with Crippen LogP contribution in [0.5, 0.6) is 0 Å². The van der Waals surface area contributed by atoms with Crippen LogP contribution in [0.1, 0.15) is 33.6 Å². The molecule has 0 spiro atoms. The van der Waals surface area contributed by atoms with Gasteiger partial charge in [-0.3, -0.25) is 0 Å². The SMILES string of the molecule is CCO[C@@H](CCC(C)C)C(=O)OC. The molecule has 0 fully saturated rings. The fourth-order valence-electron chi connectivity index (χ4n) is 1.09. The fourth-order valence-corrected chi connectivity index (χ4v) is 1.09. The summed E-state index contributed by atoms with van der Waals surface area (Å²) in [4.78, 5) is 11.2. The summed E-state index contributed by atoms with van der Waals surface area (Å²) in [5.41, 5.74) is 0. The van der Waals surface area contributed by atoms with Crippen LogP contribution < -0.4 is 0 Å². The van der Waals surface area contributed by atoms with Crippen LogP contribution in [0.2, 0.25) is 0 Å². The molecule has 0 aromatic carbocycles. The van der Waals surface area contributed by atoms with Crippen LogP contribution in [0, 0.1) is 5.92 Å². The molecule has 0 aliphatic rings. The van der Waals surface area contributed by atoms with E-state index in [4.69, 9.17) is 4.74 Å². The van der Waals surface area contributed by atoms with Crippen molar-refractivity contribution in [3.63, 3.8) is 0 Å². The van der Waals surface area contributed by atoms with Crippen LogP contribution in [-0.2, 0) is 14.3 Å². The van der Waals surface area contributed by atoms with Gasteiger partial charge in [0.1, 0.15) is 0 Å². The van der Waals surface area contributed by atoms with E-state index in [0.717, 1.165) is 12.8 Å². The van der Waals surface area contributed by atoms with Crippen molar-refractivity contribution in [2.24, 2.45) is 5.92 Å². The van der Waals surface area contributed by atoms with Crippen LogP contribution in [0.25, 0.3) is 0 Å². The van der Waals surface area contributed by atoms with Gasteiger partial charge in [0.2, 0.25) is 0 Å². The highest BCUT2D eigenvalue weighted by Gasteiger charge is 2.18. The molecule has 0 aliphatic carbocycles. The molecule has 0 amide bonds. The van der Waals surface area contributed by atoms with Crippen molar-refractivity contribution >= 4 is 5.97 Å². The topological polar surface area (TPSA) is 35.5 Å². The second-order valence-electron chi connectivity index (χ2n) is 3.44.